The van der Waals surface area contributed by atoms with E-state index < -0.39 is 0 Å². The van der Waals surface area contributed by atoms with Crippen molar-refractivity contribution in [1.82, 2.24) is 5.32 Å². The van der Waals surface area contributed by atoms with E-state index in [1.54, 1.807) is 0 Å². The molecule has 0 aliphatic carbocycles. The van der Waals surface area contributed by atoms with Gasteiger partial charge in [-0.3, -0.25) is 4.79 Å². The second-order valence-corrected chi connectivity index (χ2v) is 7.72. The Morgan fingerprint density at radius 3 is 1.97 bits per heavy atom. The number of unbranched alkanes of at least 4 members (excludes halogenated alkanes) is 9. The molecular weight excluding hydrogens is 358 g/mol. The van der Waals surface area contributed by atoms with Gasteiger partial charge < -0.3 is 10.1 Å². The zero-order valence-corrected chi connectivity index (χ0v) is 18.0. The molecule has 0 radical (unpaired) electrons. The first-order valence-corrected chi connectivity index (χ1v) is 11.3. The number of carbonyl (C=O) groups is 1. The fourth-order valence-electron chi connectivity index (χ4n) is 3.36. The van der Waals surface area contributed by atoms with Gasteiger partial charge in [-0.25, -0.2) is 0 Å². The van der Waals surface area contributed by atoms with Crippen molar-refractivity contribution in [3.63, 3.8) is 0 Å². The predicted molar refractivity (Wildman–Crippen MR) is 121 cm³/mol. The van der Waals surface area contributed by atoms with Crippen LogP contribution in [0.2, 0.25) is 0 Å². The first-order chi connectivity index (χ1) is 14.3. The Kier molecular flexibility index (Phi) is 11.6. The van der Waals surface area contributed by atoms with Gasteiger partial charge in [0.1, 0.15) is 5.75 Å². The summed E-state index contributed by atoms with van der Waals surface area (Å²) in [6, 6.07) is 17.4. The number of ether oxygens (including phenoxy) is 1. The molecule has 0 fully saturated rings. The first kappa shape index (κ1) is 23.0. The molecule has 1 amide bonds. The van der Waals surface area contributed by atoms with E-state index >= 15 is 0 Å². The summed E-state index contributed by atoms with van der Waals surface area (Å²) in [5, 5.41) is 2.95. The first-order valence-electron chi connectivity index (χ1n) is 11.3. The van der Waals surface area contributed by atoms with Gasteiger partial charge in [-0.1, -0.05) is 95.0 Å². The fraction of sp³-hybridized carbons (Fsp3) is 0.500. The lowest BCUT2D eigenvalue weighted by Crippen LogP contribution is -2.22. The van der Waals surface area contributed by atoms with E-state index in [2.05, 4.69) is 12.2 Å². The van der Waals surface area contributed by atoms with Crippen molar-refractivity contribution in [3.8, 4) is 5.75 Å². The minimum Gasteiger partial charge on any atom is -0.494 e. The second-order valence-electron chi connectivity index (χ2n) is 7.72. The lowest BCUT2D eigenvalue weighted by Gasteiger charge is -2.08. The van der Waals surface area contributed by atoms with Crippen LogP contribution in [0.5, 0.6) is 5.75 Å². The summed E-state index contributed by atoms with van der Waals surface area (Å²) >= 11 is 0. The number of carbonyl (C=O) groups excluding carboxylic acids is 1. The molecule has 0 aromatic heterocycles. The molecule has 0 spiro atoms. The highest BCUT2D eigenvalue weighted by molar-refractivity contribution is 5.94. The molecule has 3 nitrogen and oxygen atoms in total. The topological polar surface area (TPSA) is 38.3 Å². The van der Waals surface area contributed by atoms with Crippen LogP contribution in [0.3, 0.4) is 0 Å². The SMILES string of the molecule is CCCCCCCCCCCCOc1ccc(C(=O)NCc2ccccc2)cc1. The van der Waals surface area contributed by atoms with Gasteiger partial charge in [0.25, 0.3) is 5.91 Å². The summed E-state index contributed by atoms with van der Waals surface area (Å²) in [5.41, 5.74) is 1.75. The lowest BCUT2D eigenvalue weighted by molar-refractivity contribution is 0.0951. The minimum absolute atomic E-state index is 0.0601. The van der Waals surface area contributed by atoms with E-state index in [1.807, 2.05) is 54.6 Å². The molecule has 2 aromatic carbocycles. The predicted octanol–water partition coefficient (Wildman–Crippen LogP) is 6.92. The van der Waals surface area contributed by atoms with Gasteiger partial charge in [-0.2, -0.15) is 0 Å². The van der Waals surface area contributed by atoms with Gasteiger partial charge in [0.2, 0.25) is 0 Å². The van der Waals surface area contributed by atoms with E-state index in [0.717, 1.165) is 24.3 Å². The molecule has 0 aliphatic heterocycles. The Labute approximate surface area is 176 Å². The molecule has 3 heteroatoms. The molecule has 0 aliphatic rings. The van der Waals surface area contributed by atoms with Gasteiger partial charge >= 0.3 is 0 Å². The van der Waals surface area contributed by atoms with Crippen LogP contribution in [0, 0.1) is 0 Å². The Bertz CT molecular complexity index is 667. The Morgan fingerprint density at radius 1 is 0.759 bits per heavy atom. The number of benzene rings is 2. The Balaban J connectivity index is 1.53. The van der Waals surface area contributed by atoms with E-state index in [0.29, 0.717) is 12.1 Å². The summed E-state index contributed by atoms with van der Waals surface area (Å²) in [7, 11) is 0. The molecule has 1 N–H and O–H groups in total. The monoisotopic (exact) mass is 395 g/mol. The van der Waals surface area contributed by atoms with Crippen LogP contribution in [-0.4, -0.2) is 12.5 Å². The number of hydrogen-bond acceptors (Lipinski definition) is 2. The van der Waals surface area contributed by atoms with Crippen molar-refractivity contribution >= 4 is 5.91 Å². The average Bonchev–Trinajstić information content (AvgIpc) is 2.77. The summed E-state index contributed by atoms with van der Waals surface area (Å²) in [6.45, 7) is 3.55. The summed E-state index contributed by atoms with van der Waals surface area (Å²) in [5.74, 6) is 0.774. The third kappa shape index (κ3) is 10.2. The standard InChI is InChI=1S/C26H37NO2/c1-2-3-4-5-6-7-8-9-10-14-21-29-25-19-17-24(18-20-25)26(28)27-22-23-15-12-11-13-16-23/h11-13,15-20H,2-10,14,21-22H2,1H3,(H,27,28). The van der Waals surface area contributed by atoms with E-state index in [1.165, 1.54) is 57.8 Å². The maximum Gasteiger partial charge on any atom is 0.251 e. The molecule has 0 saturated heterocycles. The van der Waals surface area contributed by atoms with Gasteiger partial charge in [0, 0.05) is 12.1 Å². The highest BCUT2D eigenvalue weighted by Gasteiger charge is 2.05. The van der Waals surface area contributed by atoms with E-state index in [9.17, 15) is 4.79 Å². The highest BCUT2D eigenvalue weighted by Crippen LogP contribution is 2.14. The van der Waals surface area contributed by atoms with Crippen molar-refractivity contribution in [1.29, 1.82) is 0 Å². The maximum absolute atomic E-state index is 12.2. The van der Waals surface area contributed by atoms with Crippen LogP contribution in [0.15, 0.2) is 54.6 Å². The lowest BCUT2D eigenvalue weighted by atomic mass is 10.1. The zero-order chi connectivity index (χ0) is 20.6. The van der Waals surface area contributed by atoms with E-state index in [4.69, 9.17) is 4.74 Å². The Morgan fingerprint density at radius 2 is 1.34 bits per heavy atom. The van der Waals surface area contributed by atoms with Crippen LogP contribution in [0.1, 0.15) is 87.1 Å². The van der Waals surface area contributed by atoms with Crippen LogP contribution in [0.4, 0.5) is 0 Å². The number of amides is 1. The fourth-order valence-corrected chi connectivity index (χ4v) is 3.36. The highest BCUT2D eigenvalue weighted by atomic mass is 16.5. The molecule has 2 aromatic rings. The van der Waals surface area contributed by atoms with Gasteiger partial charge in [-0.05, 0) is 36.2 Å². The van der Waals surface area contributed by atoms with Crippen molar-refractivity contribution in [2.24, 2.45) is 0 Å². The quantitative estimate of drug-likeness (QED) is 0.332. The van der Waals surface area contributed by atoms with Gasteiger partial charge in [0.05, 0.1) is 6.61 Å². The zero-order valence-electron chi connectivity index (χ0n) is 18.0. The van der Waals surface area contributed by atoms with Crippen LogP contribution >= 0.6 is 0 Å². The summed E-state index contributed by atoms with van der Waals surface area (Å²) in [4.78, 5) is 12.2. The average molecular weight is 396 g/mol. The molecule has 0 bridgehead atoms. The van der Waals surface area contributed by atoms with Crippen LogP contribution in [0.25, 0.3) is 0 Å². The maximum atomic E-state index is 12.2. The van der Waals surface area contributed by atoms with Crippen molar-refractivity contribution in [3.05, 3.63) is 65.7 Å². The summed E-state index contributed by atoms with van der Waals surface area (Å²) in [6.07, 6.45) is 13.2. The van der Waals surface area contributed by atoms with Gasteiger partial charge in [-0.15, -0.1) is 0 Å². The Hall–Kier alpha value is -2.29. The largest absolute Gasteiger partial charge is 0.494 e. The number of rotatable bonds is 15. The number of nitrogens with one attached hydrogen (secondary N) is 1. The molecule has 2 rings (SSSR count). The van der Waals surface area contributed by atoms with Crippen LogP contribution < -0.4 is 10.1 Å². The van der Waals surface area contributed by atoms with Crippen molar-refractivity contribution in [2.45, 2.75) is 77.7 Å². The molecule has 0 atom stereocenters. The normalized spacial score (nSPS) is 10.7. The third-order valence-corrected chi connectivity index (χ3v) is 5.18. The van der Waals surface area contributed by atoms with Gasteiger partial charge in [0.15, 0.2) is 0 Å². The van der Waals surface area contributed by atoms with Crippen molar-refractivity contribution < 1.29 is 9.53 Å². The number of hydrogen-bond donors (Lipinski definition) is 1. The molecular formula is C26H37NO2. The summed E-state index contributed by atoms with van der Waals surface area (Å²) < 4.78 is 5.81. The minimum atomic E-state index is -0.0601. The molecule has 0 heterocycles. The van der Waals surface area contributed by atoms with Crippen LogP contribution in [-0.2, 0) is 6.54 Å². The molecule has 158 valence electrons. The van der Waals surface area contributed by atoms with Crippen molar-refractivity contribution in [2.75, 3.05) is 6.61 Å². The molecule has 29 heavy (non-hydrogen) atoms. The smallest absolute Gasteiger partial charge is 0.251 e. The second kappa shape index (κ2) is 14.7. The third-order valence-electron chi connectivity index (χ3n) is 5.18. The van der Waals surface area contributed by atoms with E-state index in [-0.39, 0.29) is 5.91 Å². The molecule has 0 unspecified atom stereocenters. The molecule has 0 saturated carbocycles.